The van der Waals surface area contributed by atoms with Crippen molar-refractivity contribution in [1.82, 2.24) is 9.13 Å². The van der Waals surface area contributed by atoms with Gasteiger partial charge in [0.2, 0.25) is 0 Å². The molecule has 1 atom stereocenters. The van der Waals surface area contributed by atoms with E-state index in [1.54, 1.807) is 11.7 Å². The van der Waals surface area contributed by atoms with E-state index in [-0.39, 0.29) is 19.3 Å². The molecule has 0 radical (unpaired) electrons. The molecular formula is C32H35BrN2O7S. The summed E-state index contributed by atoms with van der Waals surface area (Å²) in [6, 6.07) is 16.8. The highest BCUT2D eigenvalue weighted by Crippen LogP contribution is 2.36. The monoisotopic (exact) mass is 670 g/mol. The van der Waals surface area contributed by atoms with Crippen LogP contribution in [0.4, 0.5) is 0 Å². The van der Waals surface area contributed by atoms with Crippen LogP contribution in [0, 0.1) is 6.92 Å². The number of aromatic nitrogens is 2. The molecule has 4 aromatic rings. The van der Waals surface area contributed by atoms with Gasteiger partial charge in [-0.05, 0) is 66.7 Å². The standard InChI is InChI=1S/C32H35BrN2O7S/c1-20-26-28(36)35(32(2,3)30(37)41-19-21-10-6-5-7-11-21)31(38)34(29(26)43-27(20)33)18-25(42-22-14-16-40-17-15-22)23-12-8-9-13-24(23)39-4/h5-13,22,25H,14-19H2,1-4H3/t25-/m0/s1. The minimum absolute atomic E-state index is 0.0200. The summed E-state index contributed by atoms with van der Waals surface area (Å²) in [5.74, 6) is -0.0568. The first kappa shape index (κ1) is 31.2. The second-order valence-corrected chi connectivity index (χ2v) is 13.3. The van der Waals surface area contributed by atoms with Crippen LogP contribution in [0.25, 0.3) is 10.2 Å². The summed E-state index contributed by atoms with van der Waals surface area (Å²) in [7, 11) is 1.60. The Balaban J connectivity index is 1.62. The summed E-state index contributed by atoms with van der Waals surface area (Å²) in [5.41, 5.74) is -0.487. The van der Waals surface area contributed by atoms with Crippen LogP contribution >= 0.6 is 27.3 Å². The van der Waals surface area contributed by atoms with E-state index in [1.807, 2.05) is 61.5 Å². The second-order valence-electron chi connectivity index (χ2n) is 11.0. The van der Waals surface area contributed by atoms with Gasteiger partial charge in [-0.25, -0.2) is 14.2 Å². The zero-order valence-corrected chi connectivity index (χ0v) is 27.0. The molecule has 0 amide bonds. The number of nitrogens with zero attached hydrogens (tertiary/aromatic N) is 2. The van der Waals surface area contributed by atoms with Crippen molar-refractivity contribution < 1.29 is 23.7 Å². The molecule has 3 heterocycles. The molecule has 0 unspecified atom stereocenters. The van der Waals surface area contributed by atoms with Gasteiger partial charge in [0.25, 0.3) is 5.56 Å². The van der Waals surface area contributed by atoms with Crippen molar-refractivity contribution in [2.75, 3.05) is 20.3 Å². The lowest BCUT2D eigenvalue weighted by molar-refractivity contribution is -0.154. The highest BCUT2D eigenvalue weighted by Gasteiger charge is 2.37. The van der Waals surface area contributed by atoms with E-state index in [9.17, 15) is 14.4 Å². The third-order valence-corrected chi connectivity index (χ3v) is 9.97. The largest absolute Gasteiger partial charge is 0.496 e. The number of thiophene rings is 1. The van der Waals surface area contributed by atoms with Crippen LogP contribution in [-0.2, 0) is 37.7 Å². The smallest absolute Gasteiger partial charge is 0.333 e. The lowest BCUT2D eigenvalue weighted by atomic mass is 10.0. The Labute approximate surface area is 262 Å². The fraction of sp³-hybridized carbons (Fsp3) is 0.406. The van der Waals surface area contributed by atoms with E-state index in [0.29, 0.717) is 34.7 Å². The van der Waals surface area contributed by atoms with Crippen LogP contribution in [0.5, 0.6) is 5.75 Å². The molecule has 1 saturated heterocycles. The van der Waals surface area contributed by atoms with Crippen molar-refractivity contribution in [2.24, 2.45) is 0 Å². The number of fused-ring (bicyclic) bond motifs is 1. The quantitative estimate of drug-likeness (QED) is 0.199. The molecule has 43 heavy (non-hydrogen) atoms. The maximum atomic E-state index is 14.4. The predicted octanol–water partition coefficient (Wildman–Crippen LogP) is 5.72. The number of benzene rings is 2. The van der Waals surface area contributed by atoms with Crippen molar-refractivity contribution in [3.05, 3.63) is 95.9 Å². The third kappa shape index (κ3) is 6.35. The molecule has 0 saturated carbocycles. The number of para-hydroxylation sites is 1. The Morgan fingerprint density at radius 1 is 1.09 bits per heavy atom. The first-order chi connectivity index (χ1) is 20.6. The Morgan fingerprint density at radius 2 is 1.77 bits per heavy atom. The number of carbonyl (C=O) groups is 1. The van der Waals surface area contributed by atoms with Crippen LogP contribution in [0.3, 0.4) is 0 Å². The van der Waals surface area contributed by atoms with Crippen molar-refractivity contribution in [3.8, 4) is 5.75 Å². The van der Waals surface area contributed by atoms with Crippen LogP contribution in [-0.4, -0.2) is 41.5 Å². The topological polar surface area (TPSA) is 98.0 Å². The minimum atomic E-state index is -1.60. The van der Waals surface area contributed by atoms with Crippen LogP contribution in [0.15, 0.2) is 68.0 Å². The molecular weight excluding hydrogens is 636 g/mol. The molecule has 11 heteroatoms. The van der Waals surface area contributed by atoms with Crippen LogP contribution in [0.1, 0.15) is 49.5 Å². The van der Waals surface area contributed by atoms with Crippen LogP contribution < -0.4 is 16.0 Å². The average molecular weight is 672 g/mol. The number of halogens is 1. The van der Waals surface area contributed by atoms with Crippen molar-refractivity contribution in [3.63, 3.8) is 0 Å². The molecule has 0 aliphatic carbocycles. The number of esters is 1. The Hall–Kier alpha value is -3.25. The van der Waals surface area contributed by atoms with Gasteiger partial charge in [-0.1, -0.05) is 48.5 Å². The van der Waals surface area contributed by atoms with Crippen molar-refractivity contribution >= 4 is 43.5 Å². The lowest BCUT2D eigenvalue weighted by Crippen LogP contribution is -2.53. The molecule has 2 aromatic heterocycles. The minimum Gasteiger partial charge on any atom is -0.496 e. The Bertz CT molecular complexity index is 1720. The van der Waals surface area contributed by atoms with E-state index in [1.165, 1.54) is 25.2 Å². The molecule has 9 nitrogen and oxygen atoms in total. The number of carbonyl (C=O) groups excluding carboxylic acids is 1. The molecule has 0 bridgehead atoms. The molecule has 2 aromatic carbocycles. The van der Waals surface area contributed by atoms with Gasteiger partial charge in [0, 0.05) is 18.8 Å². The SMILES string of the molecule is COc1ccccc1[C@H](Cn1c(=O)n(C(C)(C)C(=O)OCc2ccccc2)c(=O)c2c(C)c(Br)sc21)OC1CCOCC1. The van der Waals surface area contributed by atoms with Gasteiger partial charge in [-0.15, -0.1) is 11.3 Å². The lowest BCUT2D eigenvalue weighted by Gasteiger charge is -2.30. The van der Waals surface area contributed by atoms with E-state index in [2.05, 4.69) is 15.9 Å². The summed E-state index contributed by atoms with van der Waals surface area (Å²) in [6.45, 7) is 6.18. The van der Waals surface area contributed by atoms with Gasteiger partial charge in [0.1, 0.15) is 28.8 Å². The number of aryl methyl sites for hydroxylation is 1. The number of ether oxygens (including phenoxy) is 4. The molecule has 5 rings (SSSR count). The number of hydrogen-bond donors (Lipinski definition) is 0. The predicted molar refractivity (Wildman–Crippen MR) is 169 cm³/mol. The van der Waals surface area contributed by atoms with E-state index < -0.39 is 28.9 Å². The van der Waals surface area contributed by atoms with Gasteiger partial charge in [-0.2, -0.15) is 0 Å². The first-order valence-corrected chi connectivity index (χ1v) is 15.8. The zero-order valence-electron chi connectivity index (χ0n) is 24.6. The summed E-state index contributed by atoms with van der Waals surface area (Å²) in [4.78, 5) is 42.3. The van der Waals surface area contributed by atoms with Gasteiger partial charge >= 0.3 is 11.7 Å². The summed E-state index contributed by atoms with van der Waals surface area (Å²) < 4.78 is 26.8. The van der Waals surface area contributed by atoms with Gasteiger partial charge in [0.05, 0.1) is 28.9 Å². The molecule has 1 aliphatic heterocycles. The number of rotatable bonds is 10. The van der Waals surface area contributed by atoms with E-state index in [0.717, 1.165) is 32.3 Å². The van der Waals surface area contributed by atoms with Crippen LogP contribution in [0.2, 0.25) is 0 Å². The fourth-order valence-corrected chi connectivity index (χ4v) is 7.01. The van der Waals surface area contributed by atoms with Crippen molar-refractivity contribution in [1.29, 1.82) is 0 Å². The summed E-state index contributed by atoms with van der Waals surface area (Å²) in [6.07, 6.45) is 0.779. The van der Waals surface area contributed by atoms with Gasteiger partial charge in [-0.3, -0.25) is 9.36 Å². The second kappa shape index (κ2) is 13.2. The van der Waals surface area contributed by atoms with Gasteiger partial charge < -0.3 is 18.9 Å². The average Bonchev–Trinajstić information content (AvgIpc) is 3.31. The normalized spacial score (nSPS) is 15.0. The maximum Gasteiger partial charge on any atom is 0.333 e. The third-order valence-electron chi connectivity index (χ3n) is 7.78. The number of hydrogen-bond acceptors (Lipinski definition) is 8. The van der Waals surface area contributed by atoms with E-state index in [4.69, 9.17) is 18.9 Å². The molecule has 0 N–H and O–H groups in total. The molecule has 228 valence electrons. The summed E-state index contributed by atoms with van der Waals surface area (Å²) in [5, 5.41) is 0.366. The number of methoxy groups -OCH3 is 1. The zero-order chi connectivity index (χ0) is 30.7. The fourth-order valence-electron chi connectivity index (χ4n) is 5.32. The van der Waals surface area contributed by atoms with E-state index >= 15 is 0 Å². The summed E-state index contributed by atoms with van der Waals surface area (Å²) >= 11 is 4.87. The highest BCUT2D eigenvalue weighted by molar-refractivity contribution is 9.11. The molecule has 1 aliphatic rings. The Kier molecular flexibility index (Phi) is 9.55. The van der Waals surface area contributed by atoms with Crippen molar-refractivity contribution in [2.45, 2.75) is 64.5 Å². The molecule has 1 fully saturated rings. The highest BCUT2D eigenvalue weighted by atomic mass is 79.9. The molecule has 0 spiro atoms. The maximum absolute atomic E-state index is 14.4. The van der Waals surface area contributed by atoms with Gasteiger partial charge in [0.15, 0.2) is 0 Å². The first-order valence-electron chi connectivity index (χ1n) is 14.2. The Morgan fingerprint density at radius 3 is 2.47 bits per heavy atom.